The van der Waals surface area contributed by atoms with Crippen molar-refractivity contribution in [1.82, 2.24) is 14.8 Å². The molecule has 2 aromatic carbocycles. The number of fused-ring (bicyclic) bond motifs is 1. The van der Waals surface area contributed by atoms with Crippen molar-refractivity contribution in [3.8, 4) is 11.8 Å². The lowest BCUT2D eigenvalue weighted by atomic mass is 10.1. The van der Waals surface area contributed by atoms with Crippen LogP contribution in [0.25, 0.3) is 10.9 Å². The van der Waals surface area contributed by atoms with Crippen LogP contribution in [0.1, 0.15) is 43.4 Å². The van der Waals surface area contributed by atoms with Gasteiger partial charge < -0.3 is 16.2 Å². The number of nitrogens with two attached hydrogens (primary N) is 1. The fourth-order valence-corrected chi connectivity index (χ4v) is 3.62. The average Bonchev–Trinajstić information content (AvgIpc) is 3.14. The fraction of sp³-hybridized carbons (Fsp3) is 0.125. The number of benzene rings is 2. The van der Waals surface area contributed by atoms with Gasteiger partial charge in [0.25, 0.3) is 5.91 Å². The molecule has 0 fully saturated rings. The largest absolute Gasteiger partial charge is 0.508 e. The standard InChI is InChI=1S/C24H17F3N6O3/c1-12-20(21(24(25,26)27)32-33(12)11-14-4-2-13(10-28)3-5-14)31-23(36)19-9-17(22(29)35)16-8-15(34)6-7-18(16)30-19/h2-9,34H,11H2,1H3,(H2,29,35)(H,31,36). The second kappa shape index (κ2) is 9.03. The quantitative estimate of drug-likeness (QED) is 0.385. The molecule has 0 saturated heterocycles. The van der Waals surface area contributed by atoms with Gasteiger partial charge in [0.2, 0.25) is 5.91 Å². The number of anilines is 1. The van der Waals surface area contributed by atoms with E-state index in [0.29, 0.717) is 11.1 Å². The summed E-state index contributed by atoms with van der Waals surface area (Å²) >= 11 is 0. The summed E-state index contributed by atoms with van der Waals surface area (Å²) in [5, 5.41) is 24.7. The summed E-state index contributed by atoms with van der Waals surface area (Å²) in [6.07, 6.45) is -4.88. The summed E-state index contributed by atoms with van der Waals surface area (Å²) in [7, 11) is 0. The van der Waals surface area contributed by atoms with Crippen LogP contribution in [0.2, 0.25) is 0 Å². The van der Waals surface area contributed by atoms with Gasteiger partial charge in [0.1, 0.15) is 11.4 Å². The Hall–Kier alpha value is -4.92. The predicted molar refractivity (Wildman–Crippen MR) is 122 cm³/mol. The monoisotopic (exact) mass is 494 g/mol. The Morgan fingerprint density at radius 1 is 1.17 bits per heavy atom. The van der Waals surface area contributed by atoms with Crippen molar-refractivity contribution in [2.75, 3.05) is 5.32 Å². The van der Waals surface area contributed by atoms with Crippen LogP contribution in [0.4, 0.5) is 18.9 Å². The van der Waals surface area contributed by atoms with Crippen LogP contribution in [0.3, 0.4) is 0 Å². The number of alkyl halides is 3. The number of carbonyl (C=O) groups excluding carboxylic acids is 2. The van der Waals surface area contributed by atoms with E-state index in [2.05, 4.69) is 15.4 Å². The first-order valence-corrected chi connectivity index (χ1v) is 10.4. The lowest BCUT2D eigenvalue weighted by Crippen LogP contribution is -2.19. The number of primary amides is 1. The maximum atomic E-state index is 13.8. The van der Waals surface area contributed by atoms with Gasteiger partial charge in [-0.3, -0.25) is 14.3 Å². The van der Waals surface area contributed by atoms with Crippen LogP contribution in [-0.4, -0.2) is 31.7 Å². The van der Waals surface area contributed by atoms with Crippen molar-refractivity contribution in [2.24, 2.45) is 5.73 Å². The zero-order chi connectivity index (χ0) is 26.2. The van der Waals surface area contributed by atoms with Gasteiger partial charge in [-0.15, -0.1) is 0 Å². The number of pyridine rings is 1. The summed E-state index contributed by atoms with van der Waals surface area (Å²) in [5.41, 5.74) is 4.20. The van der Waals surface area contributed by atoms with Gasteiger partial charge >= 0.3 is 6.18 Å². The highest BCUT2D eigenvalue weighted by Gasteiger charge is 2.39. The van der Waals surface area contributed by atoms with Gasteiger partial charge in [-0.2, -0.15) is 23.5 Å². The van der Waals surface area contributed by atoms with E-state index in [9.17, 15) is 27.9 Å². The summed E-state index contributed by atoms with van der Waals surface area (Å²) in [6, 6.07) is 13.1. The van der Waals surface area contributed by atoms with Crippen LogP contribution in [0, 0.1) is 18.3 Å². The molecule has 9 nitrogen and oxygen atoms in total. The van der Waals surface area contributed by atoms with E-state index in [4.69, 9.17) is 11.0 Å². The Kier molecular flexibility index (Phi) is 6.07. The molecule has 2 heterocycles. The normalized spacial score (nSPS) is 11.3. The zero-order valence-corrected chi connectivity index (χ0v) is 18.6. The molecule has 0 atom stereocenters. The minimum atomic E-state index is -4.88. The molecule has 4 aromatic rings. The molecule has 4 rings (SSSR count). The molecule has 0 aliphatic heterocycles. The number of aromatic hydroxyl groups is 1. The molecule has 0 radical (unpaired) electrons. The second-order valence-corrected chi connectivity index (χ2v) is 7.85. The predicted octanol–water partition coefficient (Wildman–Crippen LogP) is 3.74. The SMILES string of the molecule is Cc1c(NC(=O)c2cc(C(N)=O)c3cc(O)ccc3n2)c(C(F)(F)F)nn1Cc1ccc(C#N)cc1. The topological polar surface area (TPSA) is 147 Å². The number of nitriles is 1. The van der Waals surface area contributed by atoms with Gasteiger partial charge in [-0.1, -0.05) is 12.1 Å². The Labute approximate surface area is 201 Å². The maximum Gasteiger partial charge on any atom is 0.437 e. The Morgan fingerprint density at radius 2 is 1.86 bits per heavy atom. The number of halogens is 3. The van der Waals surface area contributed by atoms with Crippen molar-refractivity contribution in [3.05, 3.63) is 82.3 Å². The van der Waals surface area contributed by atoms with E-state index >= 15 is 0 Å². The minimum Gasteiger partial charge on any atom is -0.508 e. The van der Waals surface area contributed by atoms with E-state index in [0.717, 1.165) is 10.7 Å². The molecular formula is C24H17F3N6O3. The highest BCUT2D eigenvalue weighted by atomic mass is 19.4. The first-order valence-electron chi connectivity index (χ1n) is 10.4. The van der Waals surface area contributed by atoms with Crippen LogP contribution in [0.5, 0.6) is 5.75 Å². The number of rotatable bonds is 5. The van der Waals surface area contributed by atoms with Gasteiger partial charge in [0, 0.05) is 5.39 Å². The molecule has 4 N–H and O–H groups in total. The summed E-state index contributed by atoms with van der Waals surface area (Å²) in [6.45, 7) is 1.33. The summed E-state index contributed by atoms with van der Waals surface area (Å²) in [4.78, 5) is 29.0. The molecule has 0 aliphatic carbocycles. The number of amides is 2. The van der Waals surface area contributed by atoms with E-state index in [1.165, 1.54) is 37.3 Å². The maximum absolute atomic E-state index is 13.8. The molecule has 36 heavy (non-hydrogen) atoms. The van der Waals surface area contributed by atoms with Crippen molar-refractivity contribution in [3.63, 3.8) is 0 Å². The van der Waals surface area contributed by atoms with Crippen molar-refractivity contribution >= 4 is 28.4 Å². The molecule has 2 amide bonds. The van der Waals surface area contributed by atoms with Crippen LogP contribution >= 0.6 is 0 Å². The van der Waals surface area contributed by atoms with E-state index in [-0.39, 0.29) is 40.1 Å². The number of nitrogens with one attached hydrogen (secondary N) is 1. The Balaban J connectivity index is 1.73. The first kappa shape index (κ1) is 24.2. The van der Waals surface area contributed by atoms with Crippen molar-refractivity contribution in [2.45, 2.75) is 19.6 Å². The first-order chi connectivity index (χ1) is 17.0. The fourth-order valence-electron chi connectivity index (χ4n) is 3.62. The highest BCUT2D eigenvalue weighted by Crippen LogP contribution is 2.36. The molecule has 0 bridgehead atoms. The van der Waals surface area contributed by atoms with E-state index in [1.807, 2.05) is 6.07 Å². The number of carbonyl (C=O) groups is 2. The summed E-state index contributed by atoms with van der Waals surface area (Å²) in [5.74, 6) is -2.09. The van der Waals surface area contributed by atoms with Gasteiger partial charge in [0.05, 0.1) is 40.6 Å². The Bertz CT molecular complexity index is 1550. The molecule has 0 unspecified atom stereocenters. The number of aromatic nitrogens is 3. The number of phenols is 1. The lowest BCUT2D eigenvalue weighted by molar-refractivity contribution is -0.140. The molecule has 12 heteroatoms. The van der Waals surface area contributed by atoms with Gasteiger partial charge in [-0.05, 0) is 48.9 Å². The third-order valence-corrected chi connectivity index (χ3v) is 5.42. The van der Waals surface area contributed by atoms with Crippen LogP contribution in [-0.2, 0) is 12.7 Å². The lowest BCUT2D eigenvalue weighted by Gasteiger charge is -2.11. The molecule has 0 aliphatic rings. The number of nitrogens with zero attached hydrogens (tertiary/aromatic N) is 4. The van der Waals surface area contributed by atoms with Gasteiger partial charge in [0.15, 0.2) is 5.69 Å². The zero-order valence-electron chi connectivity index (χ0n) is 18.6. The van der Waals surface area contributed by atoms with E-state index in [1.54, 1.807) is 12.1 Å². The second-order valence-electron chi connectivity index (χ2n) is 7.85. The number of phenolic OH excluding ortho intramolecular Hbond substituents is 1. The molecule has 0 spiro atoms. The highest BCUT2D eigenvalue weighted by molar-refractivity contribution is 6.10. The van der Waals surface area contributed by atoms with E-state index < -0.39 is 29.4 Å². The summed E-state index contributed by atoms with van der Waals surface area (Å²) < 4.78 is 42.4. The minimum absolute atomic E-state index is 0.0286. The van der Waals surface area contributed by atoms with Crippen molar-refractivity contribution < 1.29 is 27.9 Å². The van der Waals surface area contributed by atoms with Crippen LogP contribution in [0.15, 0.2) is 48.5 Å². The Morgan fingerprint density at radius 3 is 2.47 bits per heavy atom. The molecule has 2 aromatic heterocycles. The average molecular weight is 494 g/mol. The third-order valence-electron chi connectivity index (χ3n) is 5.42. The smallest absolute Gasteiger partial charge is 0.437 e. The third kappa shape index (κ3) is 4.67. The number of hydrogen-bond acceptors (Lipinski definition) is 6. The van der Waals surface area contributed by atoms with Crippen LogP contribution < -0.4 is 11.1 Å². The number of hydrogen-bond donors (Lipinski definition) is 3. The molecule has 182 valence electrons. The van der Waals surface area contributed by atoms with Crippen molar-refractivity contribution in [1.29, 1.82) is 5.26 Å². The van der Waals surface area contributed by atoms with Gasteiger partial charge in [-0.25, -0.2) is 4.98 Å². The molecular weight excluding hydrogens is 477 g/mol. The molecule has 0 saturated carbocycles.